The molecule has 0 bridgehead atoms. The Kier molecular flexibility index (Phi) is 7.68. The highest BCUT2D eigenvalue weighted by atomic mass is 32.2. The zero-order chi connectivity index (χ0) is 23.8. The van der Waals surface area contributed by atoms with Crippen LogP contribution in [0.1, 0.15) is 34.8 Å². The Morgan fingerprint density at radius 2 is 1.91 bits per heavy atom. The van der Waals surface area contributed by atoms with Gasteiger partial charge in [0.2, 0.25) is 5.91 Å². The van der Waals surface area contributed by atoms with Gasteiger partial charge in [0.15, 0.2) is 0 Å². The number of nitriles is 2. The average Bonchev–Trinajstić information content (AvgIpc) is 3.34. The second-order valence-corrected chi connectivity index (χ2v) is 7.66. The molecule has 0 atom stereocenters. The maximum atomic E-state index is 12.3. The molecule has 2 heterocycles. The van der Waals surface area contributed by atoms with E-state index in [0.717, 1.165) is 0 Å². The van der Waals surface area contributed by atoms with Crippen LogP contribution in [0, 0.1) is 22.7 Å². The van der Waals surface area contributed by atoms with Crippen molar-refractivity contribution < 1.29 is 18.7 Å². The fourth-order valence-corrected chi connectivity index (χ4v) is 3.87. The van der Waals surface area contributed by atoms with Crippen LogP contribution in [-0.4, -0.2) is 29.2 Å². The second kappa shape index (κ2) is 10.8. The zero-order valence-corrected chi connectivity index (χ0v) is 18.4. The Labute approximate surface area is 194 Å². The summed E-state index contributed by atoms with van der Waals surface area (Å²) in [5.74, 6) is -0.0438. The maximum Gasteiger partial charge on any atom is 0.338 e. The van der Waals surface area contributed by atoms with Crippen LogP contribution in [0.15, 0.2) is 52.1 Å². The van der Waals surface area contributed by atoms with Crippen molar-refractivity contribution in [3.63, 3.8) is 0 Å². The summed E-state index contributed by atoms with van der Waals surface area (Å²) < 4.78 is 10.3. The number of amides is 1. The molecule has 9 nitrogen and oxygen atoms in total. The van der Waals surface area contributed by atoms with Crippen LogP contribution in [-0.2, 0) is 9.53 Å². The molecular weight excluding hydrogens is 442 g/mol. The standard InChI is InChI=1S/C23H19N5O4S/c1-2-31-23(30)14-5-7-15(8-6-14)27-19(29)9-11-33-22-17(13-25)20(18-4-3-10-32-18)16(12-24)21(26)28-22/h3-8,10H,2,9,11H2,1H3,(H2,26,28)(H,27,29). The third-order valence-electron chi connectivity index (χ3n) is 4.43. The normalized spacial score (nSPS) is 10.2. The lowest BCUT2D eigenvalue weighted by atomic mass is 10.0. The number of furan rings is 1. The molecule has 3 N–H and O–H groups in total. The fraction of sp³-hybridized carbons (Fsp3) is 0.174. The van der Waals surface area contributed by atoms with Crippen molar-refractivity contribution in [3.8, 4) is 23.5 Å². The molecule has 0 aliphatic carbocycles. The van der Waals surface area contributed by atoms with Gasteiger partial charge in [-0.05, 0) is 43.3 Å². The molecule has 1 aromatic carbocycles. The van der Waals surface area contributed by atoms with E-state index in [9.17, 15) is 20.1 Å². The van der Waals surface area contributed by atoms with Crippen LogP contribution >= 0.6 is 11.8 Å². The van der Waals surface area contributed by atoms with Gasteiger partial charge >= 0.3 is 5.97 Å². The Bertz CT molecular complexity index is 1240. The third kappa shape index (κ3) is 5.50. The monoisotopic (exact) mass is 461 g/mol. The van der Waals surface area contributed by atoms with Crippen molar-refractivity contribution in [2.75, 3.05) is 23.4 Å². The number of carbonyl (C=O) groups is 2. The largest absolute Gasteiger partial charge is 0.464 e. The van der Waals surface area contributed by atoms with Gasteiger partial charge < -0.3 is 20.2 Å². The minimum Gasteiger partial charge on any atom is -0.464 e. The van der Waals surface area contributed by atoms with Gasteiger partial charge in [-0.2, -0.15) is 10.5 Å². The molecular formula is C23H19N5O4S. The van der Waals surface area contributed by atoms with Gasteiger partial charge in [-0.1, -0.05) is 0 Å². The highest BCUT2D eigenvalue weighted by Gasteiger charge is 2.22. The summed E-state index contributed by atoms with van der Waals surface area (Å²) in [6.07, 6.45) is 1.57. The number of ether oxygens (including phenoxy) is 1. The molecule has 0 saturated heterocycles. The SMILES string of the molecule is CCOC(=O)c1ccc(NC(=O)CCSc2nc(N)c(C#N)c(-c3ccco3)c2C#N)cc1. The van der Waals surface area contributed by atoms with Gasteiger partial charge in [0.1, 0.15) is 34.3 Å². The first-order chi connectivity index (χ1) is 16.0. The molecule has 10 heteroatoms. The number of rotatable bonds is 8. The number of benzene rings is 1. The summed E-state index contributed by atoms with van der Waals surface area (Å²) in [5.41, 5.74) is 7.38. The number of anilines is 2. The van der Waals surface area contributed by atoms with Crippen molar-refractivity contribution in [3.05, 3.63) is 59.4 Å². The van der Waals surface area contributed by atoms with Crippen LogP contribution in [0.25, 0.3) is 11.3 Å². The Morgan fingerprint density at radius 3 is 2.52 bits per heavy atom. The van der Waals surface area contributed by atoms with E-state index in [1.807, 2.05) is 6.07 Å². The number of hydrogen-bond acceptors (Lipinski definition) is 9. The molecule has 0 saturated carbocycles. The van der Waals surface area contributed by atoms with Gasteiger partial charge in [-0.15, -0.1) is 11.8 Å². The predicted octanol–water partition coefficient (Wildman–Crippen LogP) is 3.96. The number of esters is 1. The van der Waals surface area contributed by atoms with Crippen LogP contribution in [0.3, 0.4) is 0 Å². The molecule has 33 heavy (non-hydrogen) atoms. The summed E-state index contributed by atoms with van der Waals surface area (Å²) in [7, 11) is 0. The molecule has 0 unspecified atom stereocenters. The van der Waals surface area contributed by atoms with Crippen molar-refractivity contribution in [1.82, 2.24) is 4.98 Å². The molecule has 1 amide bonds. The molecule has 0 aliphatic heterocycles. The van der Waals surface area contributed by atoms with Gasteiger partial charge in [0.05, 0.1) is 29.6 Å². The number of nitrogens with one attached hydrogen (secondary N) is 1. The van der Waals surface area contributed by atoms with E-state index in [2.05, 4.69) is 16.4 Å². The van der Waals surface area contributed by atoms with Crippen LogP contribution in [0.5, 0.6) is 0 Å². The number of carbonyl (C=O) groups excluding carboxylic acids is 2. The van der Waals surface area contributed by atoms with E-state index < -0.39 is 5.97 Å². The van der Waals surface area contributed by atoms with Crippen molar-refractivity contribution in [2.24, 2.45) is 0 Å². The smallest absolute Gasteiger partial charge is 0.338 e. The summed E-state index contributed by atoms with van der Waals surface area (Å²) in [6.45, 7) is 2.01. The molecule has 0 aliphatic rings. The fourth-order valence-electron chi connectivity index (χ4n) is 2.94. The van der Waals surface area contributed by atoms with Gasteiger partial charge in [-0.3, -0.25) is 4.79 Å². The quantitative estimate of drug-likeness (QED) is 0.374. The Hall–Kier alpha value is -4.28. The first kappa shape index (κ1) is 23.4. The summed E-state index contributed by atoms with van der Waals surface area (Å²) in [4.78, 5) is 28.2. The average molecular weight is 462 g/mol. The zero-order valence-electron chi connectivity index (χ0n) is 17.6. The number of hydrogen-bond donors (Lipinski definition) is 2. The highest BCUT2D eigenvalue weighted by Crippen LogP contribution is 2.35. The molecule has 3 aromatic rings. The lowest BCUT2D eigenvalue weighted by Gasteiger charge is -2.11. The Balaban J connectivity index is 1.67. The molecule has 0 spiro atoms. The number of nitrogens with two attached hydrogens (primary N) is 1. The third-order valence-corrected chi connectivity index (χ3v) is 5.41. The topological polar surface area (TPSA) is 155 Å². The van der Waals surface area contributed by atoms with Gasteiger partial charge in [-0.25, -0.2) is 9.78 Å². The van der Waals surface area contributed by atoms with Crippen molar-refractivity contribution in [2.45, 2.75) is 18.4 Å². The Morgan fingerprint density at radius 1 is 1.18 bits per heavy atom. The van der Waals surface area contributed by atoms with Crippen LogP contribution in [0.2, 0.25) is 0 Å². The number of nitrogens with zero attached hydrogens (tertiary/aromatic N) is 3. The van der Waals surface area contributed by atoms with Crippen LogP contribution < -0.4 is 11.1 Å². The predicted molar refractivity (Wildman–Crippen MR) is 122 cm³/mol. The summed E-state index contributed by atoms with van der Waals surface area (Å²) in [6, 6.07) is 13.7. The van der Waals surface area contributed by atoms with Crippen molar-refractivity contribution >= 4 is 35.1 Å². The first-order valence-corrected chi connectivity index (χ1v) is 10.8. The van der Waals surface area contributed by atoms with Gasteiger partial charge in [0, 0.05) is 17.9 Å². The van der Waals surface area contributed by atoms with Gasteiger partial charge in [0.25, 0.3) is 0 Å². The van der Waals surface area contributed by atoms with Crippen molar-refractivity contribution in [1.29, 1.82) is 10.5 Å². The lowest BCUT2D eigenvalue weighted by Crippen LogP contribution is -2.13. The maximum absolute atomic E-state index is 12.3. The number of aromatic nitrogens is 1. The molecule has 166 valence electrons. The number of nitrogen functional groups attached to an aromatic ring is 1. The van der Waals surface area contributed by atoms with E-state index in [1.54, 1.807) is 43.3 Å². The van der Waals surface area contributed by atoms with E-state index in [4.69, 9.17) is 14.9 Å². The highest BCUT2D eigenvalue weighted by molar-refractivity contribution is 7.99. The minimum atomic E-state index is -0.428. The van der Waals surface area contributed by atoms with E-state index in [0.29, 0.717) is 27.8 Å². The molecule has 3 rings (SSSR count). The van der Waals surface area contributed by atoms with E-state index >= 15 is 0 Å². The first-order valence-electron chi connectivity index (χ1n) is 9.85. The molecule has 0 radical (unpaired) electrons. The minimum absolute atomic E-state index is 0.0171. The number of pyridine rings is 1. The lowest BCUT2D eigenvalue weighted by molar-refractivity contribution is -0.115. The molecule has 2 aromatic heterocycles. The summed E-state index contributed by atoms with van der Waals surface area (Å²) >= 11 is 1.18. The van der Waals surface area contributed by atoms with Crippen LogP contribution in [0.4, 0.5) is 11.5 Å². The molecule has 0 fully saturated rings. The second-order valence-electron chi connectivity index (χ2n) is 6.57. The summed E-state index contributed by atoms with van der Waals surface area (Å²) in [5, 5.41) is 22.2. The van der Waals surface area contributed by atoms with E-state index in [-0.39, 0.29) is 41.4 Å². The number of thioether (sulfide) groups is 1. The van der Waals surface area contributed by atoms with E-state index in [1.165, 1.54) is 18.0 Å².